The Balaban J connectivity index is 1.26. The van der Waals surface area contributed by atoms with E-state index in [1.165, 1.54) is 12.7 Å². The summed E-state index contributed by atoms with van der Waals surface area (Å²) in [5.41, 5.74) is 0.503. The molecule has 0 aliphatic heterocycles. The quantitative estimate of drug-likeness (QED) is 0.113. The van der Waals surface area contributed by atoms with Crippen molar-refractivity contribution in [1.29, 1.82) is 0 Å². The molecular weight excluding hydrogens is 576 g/mol. The molecule has 7 heteroatoms. The molecule has 0 spiro atoms. The van der Waals surface area contributed by atoms with Crippen LogP contribution in [0.25, 0.3) is 0 Å². The molecule has 0 aromatic heterocycles. The predicted molar refractivity (Wildman–Crippen MR) is 178 cm³/mol. The van der Waals surface area contributed by atoms with Crippen LogP contribution in [0, 0.1) is 62.1 Å². The Bertz CT molecular complexity index is 1390. The second-order valence-electron chi connectivity index (χ2n) is 17.7. The second kappa shape index (κ2) is 10.8. The first-order valence-corrected chi connectivity index (χ1v) is 18.0. The van der Waals surface area contributed by atoms with Crippen molar-refractivity contribution in [3.8, 4) is 0 Å². The zero-order chi connectivity index (χ0) is 33.7. The van der Waals surface area contributed by atoms with Gasteiger partial charge in [0.15, 0.2) is 5.78 Å². The SMILES string of the molecule is C=C1C[C@]2(C)[C@H]3CC=C4[C@@H]5[C@@H](C)[C@H](C)CC[C@]5(C(=O)NCCNC(=O)C5(C(=O)OC)CC5)CC[C@@]4(C)[C@]3(C)CC[C@H]2C(C)(C)C1=O. The van der Waals surface area contributed by atoms with Crippen molar-refractivity contribution in [1.82, 2.24) is 10.6 Å². The molecule has 0 radical (unpaired) electrons. The van der Waals surface area contributed by atoms with Crippen LogP contribution < -0.4 is 10.6 Å². The summed E-state index contributed by atoms with van der Waals surface area (Å²) in [7, 11) is 1.32. The lowest BCUT2D eigenvalue weighted by atomic mass is 9.33. The minimum atomic E-state index is -1.04. The standard InChI is InChI=1S/C39H58N2O5/c1-23-12-15-38(31(43)40-20-21-41-32(44)39(18-19-39)33(45)46-9)17-16-36(7)26(29(38)25(23)3)10-11-28-35(6)22-24(2)30(42)34(4,5)27(35)13-14-37(28,36)8/h10,23,25,27-29H,2,11-22H2,1,3-9H3,(H,40,43)(H,41,44)/t23-,25+,27+,28-,29+,35+,36-,37-,38+/m1/s1. The van der Waals surface area contributed by atoms with E-state index in [1.54, 1.807) is 0 Å². The van der Waals surface area contributed by atoms with E-state index in [1.807, 2.05) is 0 Å². The van der Waals surface area contributed by atoms with Gasteiger partial charge < -0.3 is 15.4 Å². The molecule has 0 bridgehead atoms. The van der Waals surface area contributed by atoms with E-state index in [2.05, 4.69) is 71.8 Å². The fourth-order valence-electron chi connectivity index (χ4n) is 12.4. The summed E-state index contributed by atoms with van der Waals surface area (Å²) in [4.78, 5) is 52.6. The summed E-state index contributed by atoms with van der Waals surface area (Å²) >= 11 is 0. The van der Waals surface area contributed by atoms with Crippen LogP contribution in [0.2, 0.25) is 0 Å². The van der Waals surface area contributed by atoms with E-state index < -0.39 is 16.8 Å². The highest BCUT2D eigenvalue weighted by atomic mass is 16.5. The van der Waals surface area contributed by atoms with Crippen molar-refractivity contribution >= 4 is 23.6 Å². The number of esters is 1. The van der Waals surface area contributed by atoms with E-state index >= 15 is 0 Å². The van der Waals surface area contributed by atoms with Crippen molar-refractivity contribution < 1.29 is 23.9 Å². The van der Waals surface area contributed by atoms with Gasteiger partial charge in [0.2, 0.25) is 11.8 Å². The Labute approximate surface area is 276 Å². The van der Waals surface area contributed by atoms with Crippen molar-refractivity contribution in [2.24, 2.45) is 62.1 Å². The summed E-state index contributed by atoms with van der Waals surface area (Å²) in [5, 5.41) is 6.12. The number of ketones is 1. The van der Waals surface area contributed by atoms with Crippen molar-refractivity contribution in [3.63, 3.8) is 0 Å². The fourth-order valence-corrected chi connectivity index (χ4v) is 12.4. The average Bonchev–Trinajstić information content (AvgIpc) is 3.82. The zero-order valence-electron chi connectivity index (χ0n) is 29.7. The van der Waals surface area contributed by atoms with Crippen LogP contribution in [0.15, 0.2) is 23.8 Å². The maximum absolute atomic E-state index is 14.4. The summed E-state index contributed by atoms with van der Waals surface area (Å²) in [6.07, 6.45) is 11.3. The van der Waals surface area contributed by atoms with E-state index in [9.17, 15) is 19.2 Å². The molecule has 6 rings (SSSR count). The molecule has 0 saturated heterocycles. The highest BCUT2D eigenvalue weighted by Crippen LogP contribution is 2.75. The third kappa shape index (κ3) is 4.34. The van der Waals surface area contributed by atoms with Gasteiger partial charge in [-0.25, -0.2) is 0 Å². The van der Waals surface area contributed by atoms with Crippen LogP contribution in [-0.4, -0.2) is 43.8 Å². The van der Waals surface area contributed by atoms with Gasteiger partial charge in [0.1, 0.15) is 5.41 Å². The molecule has 7 nitrogen and oxygen atoms in total. The molecule has 6 aliphatic carbocycles. The molecule has 0 aromatic rings. The summed E-state index contributed by atoms with van der Waals surface area (Å²) < 4.78 is 4.85. The zero-order valence-corrected chi connectivity index (χ0v) is 29.7. The number of nitrogens with one attached hydrogen (secondary N) is 2. The van der Waals surface area contributed by atoms with Gasteiger partial charge in [0, 0.05) is 18.5 Å². The lowest BCUT2D eigenvalue weighted by molar-refractivity contribution is -0.181. The van der Waals surface area contributed by atoms with E-state index in [4.69, 9.17) is 4.74 Å². The molecule has 0 aromatic carbocycles. The molecule has 6 aliphatic rings. The van der Waals surface area contributed by atoms with Gasteiger partial charge >= 0.3 is 5.97 Å². The number of fused-ring (bicyclic) bond motifs is 7. The number of amides is 2. The number of rotatable bonds is 6. The largest absolute Gasteiger partial charge is 0.468 e. The van der Waals surface area contributed by atoms with Gasteiger partial charge in [0.25, 0.3) is 0 Å². The summed E-state index contributed by atoms with van der Waals surface area (Å²) in [5.74, 6) is 1.51. The monoisotopic (exact) mass is 634 g/mol. The maximum Gasteiger partial charge on any atom is 0.321 e. The van der Waals surface area contributed by atoms with Crippen molar-refractivity contribution in [2.75, 3.05) is 20.2 Å². The normalized spacial score (nSPS) is 43.5. The highest BCUT2D eigenvalue weighted by molar-refractivity contribution is 6.05. The molecule has 2 N–H and O–H groups in total. The number of carbonyl (C=O) groups excluding carboxylic acids is 4. The predicted octanol–water partition coefficient (Wildman–Crippen LogP) is 6.56. The number of allylic oxidation sites excluding steroid dienone is 3. The fraction of sp³-hybridized carbons (Fsp3) is 0.795. The molecule has 46 heavy (non-hydrogen) atoms. The van der Waals surface area contributed by atoms with Gasteiger partial charge in [-0.1, -0.05) is 66.7 Å². The molecule has 5 fully saturated rings. The van der Waals surface area contributed by atoms with Crippen LogP contribution in [-0.2, 0) is 23.9 Å². The molecule has 254 valence electrons. The maximum atomic E-state index is 14.4. The first-order valence-electron chi connectivity index (χ1n) is 18.0. The van der Waals surface area contributed by atoms with E-state index in [-0.39, 0.29) is 45.2 Å². The Morgan fingerprint density at radius 3 is 2.17 bits per heavy atom. The minimum Gasteiger partial charge on any atom is -0.468 e. The van der Waals surface area contributed by atoms with Gasteiger partial charge in [-0.05, 0) is 116 Å². The van der Waals surface area contributed by atoms with Crippen LogP contribution >= 0.6 is 0 Å². The van der Waals surface area contributed by atoms with Crippen molar-refractivity contribution in [3.05, 3.63) is 23.8 Å². The summed E-state index contributed by atoms with van der Waals surface area (Å²) in [6.45, 7) is 21.5. The average molecular weight is 635 g/mol. The number of carbonyl (C=O) groups is 4. The summed E-state index contributed by atoms with van der Waals surface area (Å²) in [6, 6.07) is 0. The Kier molecular flexibility index (Phi) is 7.84. The number of ether oxygens (including phenoxy) is 1. The number of Topliss-reactive ketones (excluding diaryl/α,β-unsaturated/α-hetero) is 1. The third-order valence-corrected chi connectivity index (χ3v) is 15.5. The molecule has 9 atom stereocenters. The number of methoxy groups -OCH3 is 1. The second-order valence-corrected chi connectivity index (χ2v) is 17.7. The number of hydrogen-bond donors (Lipinski definition) is 2. The molecule has 0 unspecified atom stereocenters. The van der Waals surface area contributed by atoms with Crippen LogP contribution in [0.4, 0.5) is 0 Å². The van der Waals surface area contributed by atoms with Gasteiger partial charge in [0.05, 0.1) is 12.5 Å². The van der Waals surface area contributed by atoms with Gasteiger partial charge in [-0.15, -0.1) is 0 Å². The Hall–Kier alpha value is -2.44. The molecule has 0 heterocycles. The smallest absolute Gasteiger partial charge is 0.321 e. The Morgan fingerprint density at radius 2 is 1.54 bits per heavy atom. The van der Waals surface area contributed by atoms with E-state index in [0.717, 1.165) is 56.9 Å². The van der Waals surface area contributed by atoms with Crippen LogP contribution in [0.5, 0.6) is 0 Å². The van der Waals surface area contributed by atoms with Crippen LogP contribution in [0.3, 0.4) is 0 Å². The first-order chi connectivity index (χ1) is 21.5. The highest BCUT2D eigenvalue weighted by Gasteiger charge is 2.70. The van der Waals surface area contributed by atoms with E-state index in [0.29, 0.717) is 49.6 Å². The minimum absolute atomic E-state index is 0.0151. The van der Waals surface area contributed by atoms with Gasteiger partial charge in [-0.3, -0.25) is 19.2 Å². The third-order valence-electron chi connectivity index (χ3n) is 15.5. The lowest BCUT2D eigenvalue weighted by Crippen LogP contribution is -2.65. The lowest BCUT2D eigenvalue weighted by Gasteiger charge is -2.71. The van der Waals surface area contributed by atoms with Gasteiger partial charge in [-0.2, -0.15) is 0 Å². The Morgan fingerprint density at radius 1 is 0.891 bits per heavy atom. The number of hydrogen-bond acceptors (Lipinski definition) is 5. The topological polar surface area (TPSA) is 102 Å². The molecule has 2 amide bonds. The van der Waals surface area contributed by atoms with Crippen LogP contribution in [0.1, 0.15) is 113 Å². The molecule has 5 saturated carbocycles. The van der Waals surface area contributed by atoms with Crippen molar-refractivity contribution in [2.45, 2.75) is 113 Å². The molecular formula is C39H58N2O5. The first kappa shape index (κ1) is 33.5.